The van der Waals surface area contributed by atoms with Gasteiger partial charge in [-0.25, -0.2) is 0 Å². The van der Waals surface area contributed by atoms with Gasteiger partial charge in [-0.3, -0.25) is 4.79 Å². The Morgan fingerprint density at radius 1 is 1.12 bits per heavy atom. The van der Waals surface area contributed by atoms with E-state index in [1.807, 2.05) is 4.90 Å². The van der Waals surface area contributed by atoms with Crippen LogP contribution in [0, 0.1) is 5.41 Å². The van der Waals surface area contributed by atoms with Gasteiger partial charge >= 0.3 is 0 Å². The van der Waals surface area contributed by atoms with Crippen molar-refractivity contribution in [2.45, 2.75) is 32.1 Å². The molecule has 4 nitrogen and oxygen atoms in total. The van der Waals surface area contributed by atoms with E-state index in [4.69, 9.17) is 5.73 Å². The molecule has 1 heterocycles. The molecule has 0 radical (unpaired) electrons. The van der Waals surface area contributed by atoms with Gasteiger partial charge in [-0.05, 0) is 19.9 Å². The summed E-state index contributed by atoms with van der Waals surface area (Å²) in [5.41, 5.74) is 5.69. The monoisotopic (exact) mass is 239 g/mol. The number of nitrogens with zero attached hydrogens (tertiary/aromatic N) is 2. The third-order valence-corrected chi connectivity index (χ3v) is 4.45. The molecule has 0 bridgehead atoms. The van der Waals surface area contributed by atoms with Crippen LogP contribution in [-0.4, -0.2) is 55.5 Å². The molecule has 2 N–H and O–H groups in total. The van der Waals surface area contributed by atoms with Gasteiger partial charge in [0.1, 0.15) is 0 Å². The van der Waals surface area contributed by atoms with Gasteiger partial charge in [0.2, 0.25) is 5.91 Å². The highest BCUT2D eigenvalue weighted by atomic mass is 16.2. The summed E-state index contributed by atoms with van der Waals surface area (Å²) in [5, 5.41) is 0. The third kappa shape index (κ3) is 2.63. The summed E-state index contributed by atoms with van der Waals surface area (Å²) < 4.78 is 0. The van der Waals surface area contributed by atoms with Crippen LogP contribution >= 0.6 is 0 Å². The van der Waals surface area contributed by atoms with Gasteiger partial charge in [0.05, 0.1) is 5.41 Å². The Hall–Kier alpha value is -0.610. The SMILES string of the molecule is CN1CCN(C(=O)C2(CN)CCCCC2)CC1. The molecule has 2 fully saturated rings. The number of likely N-dealkylation sites (N-methyl/N-ethyl adjacent to an activating group) is 1. The van der Waals surface area contributed by atoms with E-state index in [9.17, 15) is 4.79 Å². The molecule has 0 aromatic heterocycles. The van der Waals surface area contributed by atoms with Crippen molar-refractivity contribution >= 4 is 5.91 Å². The molecule has 98 valence electrons. The van der Waals surface area contributed by atoms with Crippen molar-refractivity contribution in [1.82, 2.24) is 9.80 Å². The normalized spacial score (nSPS) is 25.9. The van der Waals surface area contributed by atoms with Crippen molar-refractivity contribution in [3.8, 4) is 0 Å². The molecular weight excluding hydrogens is 214 g/mol. The predicted molar refractivity (Wildman–Crippen MR) is 68.6 cm³/mol. The number of piperazine rings is 1. The van der Waals surface area contributed by atoms with Gasteiger partial charge in [-0.15, -0.1) is 0 Å². The standard InChI is InChI=1S/C13H25N3O/c1-15-7-9-16(10-8-15)12(17)13(11-14)5-3-2-4-6-13/h2-11,14H2,1H3. The van der Waals surface area contributed by atoms with Crippen molar-refractivity contribution in [2.75, 3.05) is 39.8 Å². The summed E-state index contributed by atoms with van der Waals surface area (Å²) in [6.07, 6.45) is 5.58. The number of nitrogens with two attached hydrogens (primary N) is 1. The van der Waals surface area contributed by atoms with E-state index in [2.05, 4.69) is 11.9 Å². The molecule has 0 unspecified atom stereocenters. The summed E-state index contributed by atoms with van der Waals surface area (Å²) in [5.74, 6) is 0.327. The second-order valence-electron chi connectivity index (χ2n) is 5.64. The van der Waals surface area contributed by atoms with Gasteiger partial charge < -0.3 is 15.5 Å². The van der Waals surface area contributed by atoms with Crippen LogP contribution in [0.4, 0.5) is 0 Å². The van der Waals surface area contributed by atoms with Gasteiger partial charge in [0.15, 0.2) is 0 Å². The fourth-order valence-electron chi connectivity index (χ4n) is 3.08. The summed E-state index contributed by atoms with van der Waals surface area (Å²) in [6.45, 7) is 4.26. The zero-order valence-corrected chi connectivity index (χ0v) is 11.0. The first-order valence-corrected chi connectivity index (χ1v) is 6.86. The molecule has 2 rings (SSSR count). The van der Waals surface area contributed by atoms with Crippen LogP contribution in [-0.2, 0) is 4.79 Å². The topological polar surface area (TPSA) is 49.6 Å². The molecule has 1 saturated heterocycles. The minimum Gasteiger partial charge on any atom is -0.340 e. The Balaban J connectivity index is 2.01. The van der Waals surface area contributed by atoms with Gasteiger partial charge in [-0.2, -0.15) is 0 Å². The first-order chi connectivity index (χ1) is 8.18. The van der Waals surface area contributed by atoms with Crippen LogP contribution in [0.1, 0.15) is 32.1 Å². The molecule has 2 aliphatic rings. The average Bonchev–Trinajstić information content (AvgIpc) is 2.39. The lowest BCUT2D eigenvalue weighted by Crippen LogP contribution is -2.54. The van der Waals surface area contributed by atoms with Gasteiger partial charge in [0.25, 0.3) is 0 Å². The van der Waals surface area contributed by atoms with Crippen LogP contribution in [0.3, 0.4) is 0 Å². The third-order valence-electron chi connectivity index (χ3n) is 4.45. The summed E-state index contributed by atoms with van der Waals surface area (Å²) in [4.78, 5) is 17.0. The minimum absolute atomic E-state index is 0.228. The van der Waals surface area contributed by atoms with Crippen molar-refractivity contribution in [3.05, 3.63) is 0 Å². The van der Waals surface area contributed by atoms with Crippen LogP contribution in [0.5, 0.6) is 0 Å². The van der Waals surface area contributed by atoms with E-state index in [-0.39, 0.29) is 5.41 Å². The van der Waals surface area contributed by atoms with E-state index in [1.165, 1.54) is 6.42 Å². The summed E-state index contributed by atoms with van der Waals surface area (Å²) >= 11 is 0. The number of hydrogen-bond donors (Lipinski definition) is 1. The molecule has 0 atom stereocenters. The lowest BCUT2D eigenvalue weighted by Gasteiger charge is -2.41. The van der Waals surface area contributed by atoms with Crippen LogP contribution in [0.2, 0.25) is 0 Å². The Morgan fingerprint density at radius 2 is 1.71 bits per heavy atom. The Labute approximate surface area is 104 Å². The fraction of sp³-hybridized carbons (Fsp3) is 0.923. The molecule has 1 amide bonds. The highest BCUT2D eigenvalue weighted by Gasteiger charge is 2.41. The Morgan fingerprint density at radius 3 is 2.24 bits per heavy atom. The van der Waals surface area contributed by atoms with E-state index >= 15 is 0 Å². The molecular formula is C13H25N3O. The molecule has 1 aliphatic heterocycles. The highest BCUT2D eigenvalue weighted by Crippen LogP contribution is 2.37. The van der Waals surface area contributed by atoms with E-state index in [0.717, 1.165) is 51.9 Å². The zero-order chi connectivity index (χ0) is 12.3. The maximum atomic E-state index is 12.6. The maximum Gasteiger partial charge on any atom is 0.230 e. The smallest absolute Gasteiger partial charge is 0.230 e. The molecule has 4 heteroatoms. The second kappa shape index (κ2) is 5.36. The Bertz CT molecular complexity index is 266. The number of carbonyl (C=O) groups excluding carboxylic acids is 1. The first kappa shape index (κ1) is 12.8. The summed E-state index contributed by atoms with van der Waals surface area (Å²) in [6, 6.07) is 0. The molecule has 0 spiro atoms. The van der Waals surface area contributed by atoms with Crippen molar-refractivity contribution in [3.63, 3.8) is 0 Å². The lowest BCUT2D eigenvalue weighted by molar-refractivity contribution is -0.145. The lowest BCUT2D eigenvalue weighted by atomic mass is 9.73. The highest BCUT2D eigenvalue weighted by molar-refractivity contribution is 5.83. The van der Waals surface area contributed by atoms with Gasteiger partial charge in [-0.1, -0.05) is 19.3 Å². The molecule has 0 aromatic rings. The largest absolute Gasteiger partial charge is 0.340 e. The van der Waals surface area contributed by atoms with Gasteiger partial charge in [0, 0.05) is 32.7 Å². The van der Waals surface area contributed by atoms with E-state index in [1.54, 1.807) is 0 Å². The van der Waals surface area contributed by atoms with Crippen LogP contribution in [0.25, 0.3) is 0 Å². The molecule has 17 heavy (non-hydrogen) atoms. The van der Waals surface area contributed by atoms with Crippen molar-refractivity contribution < 1.29 is 4.79 Å². The van der Waals surface area contributed by atoms with E-state index in [0.29, 0.717) is 12.5 Å². The zero-order valence-electron chi connectivity index (χ0n) is 11.0. The first-order valence-electron chi connectivity index (χ1n) is 6.86. The molecule has 1 aliphatic carbocycles. The quantitative estimate of drug-likeness (QED) is 0.770. The number of hydrogen-bond acceptors (Lipinski definition) is 3. The number of carbonyl (C=O) groups is 1. The second-order valence-corrected chi connectivity index (χ2v) is 5.64. The van der Waals surface area contributed by atoms with Crippen molar-refractivity contribution in [1.29, 1.82) is 0 Å². The van der Waals surface area contributed by atoms with Crippen molar-refractivity contribution in [2.24, 2.45) is 11.1 Å². The summed E-state index contributed by atoms with van der Waals surface area (Å²) in [7, 11) is 2.11. The van der Waals surface area contributed by atoms with Crippen LogP contribution < -0.4 is 5.73 Å². The fourth-order valence-corrected chi connectivity index (χ4v) is 3.08. The molecule has 0 aromatic carbocycles. The molecule has 1 saturated carbocycles. The maximum absolute atomic E-state index is 12.6. The Kier molecular flexibility index (Phi) is 4.05. The van der Waals surface area contributed by atoms with E-state index < -0.39 is 0 Å². The number of amides is 1. The predicted octanol–water partition coefficient (Wildman–Crippen LogP) is 0.670. The van der Waals surface area contributed by atoms with Crippen LogP contribution in [0.15, 0.2) is 0 Å². The average molecular weight is 239 g/mol. The number of rotatable bonds is 2. The minimum atomic E-state index is -0.228.